The van der Waals surface area contributed by atoms with Crippen molar-refractivity contribution >= 4 is 18.1 Å². The molecule has 0 radical (unpaired) electrons. The van der Waals surface area contributed by atoms with Crippen LogP contribution in [0.1, 0.15) is 13.8 Å². The van der Waals surface area contributed by atoms with Crippen LogP contribution in [0.5, 0.6) is 5.75 Å². The highest BCUT2D eigenvalue weighted by atomic mass is 31.2. The summed E-state index contributed by atoms with van der Waals surface area (Å²) < 4.78 is 18.9. The highest BCUT2D eigenvalue weighted by Crippen LogP contribution is 2.49. The van der Waals surface area contributed by atoms with Crippen molar-refractivity contribution in [3.63, 3.8) is 0 Å². The first-order chi connectivity index (χ1) is 10.4. The van der Waals surface area contributed by atoms with Crippen LogP contribution >= 0.6 is 7.14 Å². The number of ether oxygens (including phenoxy) is 1. The number of benzene rings is 2. The lowest BCUT2D eigenvalue weighted by molar-refractivity contribution is -0.384. The molecule has 0 aliphatic carbocycles. The molecule has 2 aromatic rings. The summed E-state index contributed by atoms with van der Waals surface area (Å²) in [6.45, 7) is 3.82. The van der Waals surface area contributed by atoms with Crippen molar-refractivity contribution in [3.8, 4) is 5.75 Å². The van der Waals surface area contributed by atoms with E-state index in [2.05, 4.69) is 0 Å². The Morgan fingerprint density at radius 2 is 1.68 bits per heavy atom. The molecule has 2 rings (SSSR count). The fraction of sp³-hybridized carbons (Fsp3) is 0.250. The molecule has 2 aromatic carbocycles. The van der Waals surface area contributed by atoms with Crippen LogP contribution in [0, 0.1) is 10.1 Å². The number of nitro groups is 1. The number of hydrogen-bond acceptors (Lipinski definition) is 4. The Bertz CT molecular complexity index is 683. The molecule has 0 fully saturated rings. The molecule has 1 atom stereocenters. The molecule has 0 heterocycles. The van der Waals surface area contributed by atoms with Gasteiger partial charge >= 0.3 is 0 Å². The lowest BCUT2D eigenvalue weighted by atomic mass is 10.3. The summed E-state index contributed by atoms with van der Waals surface area (Å²) in [4.78, 5) is 10.2. The first kappa shape index (κ1) is 16.2. The summed E-state index contributed by atoms with van der Waals surface area (Å²) in [5.41, 5.74) is -0.0459. The number of hydrogen-bond donors (Lipinski definition) is 0. The van der Waals surface area contributed by atoms with E-state index in [9.17, 15) is 14.7 Å². The van der Waals surface area contributed by atoms with E-state index in [-0.39, 0.29) is 17.7 Å². The standard InChI is InChI=1S/C16H18NO4P/c1-13(2)22(20,16-6-4-3-5-7-16)12-21-15-10-8-14(9-11-15)17(18)19/h3-11,13H,12H2,1-2H3. The first-order valence-electron chi connectivity index (χ1n) is 6.95. The van der Waals surface area contributed by atoms with E-state index in [1.807, 2.05) is 44.2 Å². The van der Waals surface area contributed by atoms with Gasteiger partial charge in [0.2, 0.25) is 0 Å². The highest BCUT2D eigenvalue weighted by Gasteiger charge is 2.29. The first-order valence-corrected chi connectivity index (χ1v) is 8.91. The van der Waals surface area contributed by atoms with Crippen LogP contribution in [0.15, 0.2) is 54.6 Å². The van der Waals surface area contributed by atoms with Crippen molar-refractivity contribution in [2.45, 2.75) is 19.5 Å². The van der Waals surface area contributed by atoms with Crippen molar-refractivity contribution in [2.24, 2.45) is 0 Å². The quantitative estimate of drug-likeness (QED) is 0.458. The van der Waals surface area contributed by atoms with E-state index in [0.29, 0.717) is 5.75 Å². The molecule has 0 aromatic heterocycles. The van der Waals surface area contributed by atoms with E-state index in [1.165, 1.54) is 24.3 Å². The molecule has 22 heavy (non-hydrogen) atoms. The second kappa shape index (κ2) is 6.75. The van der Waals surface area contributed by atoms with Gasteiger partial charge in [-0.3, -0.25) is 10.1 Å². The Kier molecular flexibility index (Phi) is 4.99. The van der Waals surface area contributed by atoms with Crippen LogP contribution < -0.4 is 10.0 Å². The van der Waals surface area contributed by atoms with Gasteiger partial charge in [0.1, 0.15) is 12.1 Å². The summed E-state index contributed by atoms with van der Waals surface area (Å²) in [5.74, 6) is 0.474. The van der Waals surface area contributed by atoms with Gasteiger partial charge in [-0.25, -0.2) is 0 Å². The van der Waals surface area contributed by atoms with Crippen LogP contribution in [0.4, 0.5) is 5.69 Å². The zero-order valence-electron chi connectivity index (χ0n) is 12.5. The zero-order valence-corrected chi connectivity index (χ0v) is 13.4. The molecule has 0 aliphatic heterocycles. The molecule has 0 spiro atoms. The average Bonchev–Trinajstić information content (AvgIpc) is 2.53. The maximum atomic E-state index is 13.2. The van der Waals surface area contributed by atoms with Crippen LogP contribution in [-0.2, 0) is 4.57 Å². The second-order valence-corrected chi connectivity index (χ2v) is 8.65. The monoisotopic (exact) mass is 319 g/mol. The molecular weight excluding hydrogens is 301 g/mol. The van der Waals surface area contributed by atoms with Gasteiger partial charge in [-0.15, -0.1) is 0 Å². The van der Waals surface area contributed by atoms with Crippen LogP contribution in [-0.4, -0.2) is 16.9 Å². The average molecular weight is 319 g/mol. The van der Waals surface area contributed by atoms with E-state index < -0.39 is 12.1 Å². The topological polar surface area (TPSA) is 69.4 Å². The molecule has 0 saturated carbocycles. The molecule has 0 N–H and O–H groups in total. The number of nitro benzene ring substituents is 1. The molecule has 5 nitrogen and oxygen atoms in total. The van der Waals surface area contributed by atoms with Crippen molar-refractivity contribution < 1.29 is 14.2 Å². The van der Waals surface area contributed by atoms with E-state index in [4.69, 9.17) is 4.74 Å². The minimum absolute atomic E-state index is 0.00227. The Balaban J connectivity index is 2.16. The molecule has 0 saturated heterocycles. The van der Waals surface area contributed by atoms with Gasteiger partial charge in [0.15, 0.2) is 7.14 Å². The molecule has 116 valence electrons. The van der Waals surface area contributed by atoms with E-state index in [1.54, 1.807) is 0 Å². The van der Waals surface area contributed by atoms with Crippen molar-refractivity contribution in [2.75, 3.05) is 6.35 Å². The maximum absolute atomic E-state index is 13.2. The molecule has 6 heteroatoms. The lowest BCUT2D eigenvalue weighted by Gasteiger charge is -2.22. The van der Waals surface area contributed by atoms with Gasteiger partial charge < -0.3 is 9.30 Å². The summed E-state index contributed by atoms with van der Waals surface area (Å²) in [6, 6.07) is 15.1. The fourth-order valence-electron chi connectivity index (χ4n) is 2.04. The molecule has 0 bridgehead atoms. The van der Waals surface area contributed by atoms with Gasteiger partial charge in [0.25, 0.3) is 5.69 Å². The minimum atomic E-state index is -2.70. The van der Waals surface area contributed by atoms with Gasteiger partial charge in [-0.05, 0) is 12.1 Å². The third kappa shape index (κ3) is 3.55. The normalized spacial score (nSPS) is 13.6. The Morgan fingerprint density at radius 1 is 1.09 bits per heavy atom. The smallest absolute Gasteiger partial charge is 0.269 e. The molecular formula is C16H18NO4P. The van der Waals surface area contributed by atoms with Crippen LogP contribution in [0.3, 0.4) is 0 Å². The number of nitrogens with zero attached hydrogens (tertiary/aromatic N) is 1. The highest BCUT2D eigenvalue weighted by molar-refractivity contribution is 7.72. The van der Waals surface area contributed by atoms with Gasteiger partial charge in [0, 0.05) is 23.1 Å². The number of rotatable bonds is 6. The third-order valence-corrected chi connectivity index (χ3v) is 6.85. The lowest BCUT2D eigenvalue weighted by Crippen LogP contribution is -2.18. The largest absolute Gasteiger partial charge is 0.486 e. The van der Waals surface area contributed by atoms with Crippen molar-refractivity contribution in [1.82, 2.24) is 0 Å². The summed E-state index contributed by atoms with van der Waals surface area (Å²) >= 11 is 0. The van der Waals surface area contributed by atoms with Gasteiger partial charge in [-0.1, -0.05) is 44.2 Å². The number of non-ortho nitro benzene ring substituents is 1. The Hall–Kier alpha value is -2.13. The van der Waals surface area contributed by atoms with Gasteiger partial charge in [0.05, 0.1) is 4.92 Å². The van der Waals surface area contributed by atoms with E-state index in [0.717, 1.165) is 5.30 Å². The Morgan fingerprint density at radius 3 is 2.18 bits per heavy atom. The third-order valence-electron chi connectivity index (χ3n) is 3.50. The minimum Gasteiger partial charge on any atom is -0.486 e. The predicted octanol–water partition coefficient (Wildman–Crippen LogP) is 4.03. The van der Waals surface area contributed by atoms with E-state index >= 15 is 0 Å². The van der Waals surface area contributed by atoms with Crippen molar-refractivity contribution in [3.05, 3.63) is 64.7 Å². The van der Waals surface area contributed by atoms with Crippen LogP contribution in [0.25, 0.3) is 0 Å². The molecule has 0 aliphatic rings. The van der Waals surface area contributed by atoms with Gasteiger partial charge in [-0.2, -0.15) is 0 Å². The summed E-state index contributed by atoms with van der Waals surface area (Å²) in [6.07, 6.45) is 0.0759. The Labute approximate surface area is 129 Å². The summed E-state index contributed by atoms with van der Waals surface area (Å²) in [7, 11) is -2.70. The summed E-state index contributed by atoms with van der Waals surface area (Å²) in [5, 5.41) is 11.4. The fourth-order valence-corrected chi connectivity index (χ4v) is 4.10. The van der Waals surface area contributed by atoms with Crippen LogP contribution in [0.2, 0.25) is 0 Å². The maximum Gasteiger partial charge on any atom is 0.269 e. The van der Waals surface area contributed by atoms with Crippen molar-refractivity contribution in [1.29, 1.82) is 0 Å². The SMILES string of the molecule is CC(C)P(=O)(COc1ccc([N+](=O)[O-])cc1)c1ccccc1. The zero-order chi connectivity index (χ0) is 16.2. The molecule has 1 unspecified atom stereocenters. The predicted molar refractivity (Wildman–Crippen MR) is 87.4 cm³/mol. The molecule has 0 amide bonds. The second-order valence-electron chi connectivity index (χ2n) is 5.25.